The van der Waals surface area contributed by atoms with Crippen LogP contribution in [-0.4, -0.2) is 21.9 Å². The van der Waals surface area contributed by atoms with Crippen LogP contribution in [0.2, 0.25) is 0 Å². The van der Waals surface area contributed by atoms with Gasteiger partial charge in [0.05, 0.1) is 0 Å². The molecule has 1 atom stereocenters. The number of pyridine rings is 1. The summed E-state index contributed by atoms with van der Waals surface area (Å²) in [7, 11) is 0. The van der Waals surface area contributed by atoms with E-state index < -0.39 is 0 Å². The summed E-state index contributed by atoms with van der Waals surface area (Å²) >= 11 is 0. The average Bonchev–Trinajstić information content (AvgIpc) is 2.20. The summed E-state index contributed by atoms with van der Waals surface area (Å²) in [6.45, 7) is 3.73. The molecule has 0 radical (unpaired) electrons. The molecule has 4 nitrogen and oxygen atoms in total. The first-order valence-electron chi connectivity index (χ1n) is 4.67. The van der Waals surface area contributed by atoms with Gasteiger partial charge in [0.1, 0.15) is 6.61 Å². The zero-order chi connectivity index (χ0) is 10.7. The van der Waals surface area contributed by atoms with E-state index in [0.29, 0.717) is 12.1 Å². The van der Waals surface area contributed by atoms with Crippen LogP contribution in [0.15, 0.2) is 12.3 Å². The van der Waals surface area contributed by atoms with Crippen LogP contribution in [-0.2, 0) is 6.42 Å². The highest BCUT2D eigenvalue weighted by atomic mass is 35.5. The SMILES string of the molecule is CCc1c(O)c(O)cc[n+]1[C@H](C)CO.[Cl-]. The minimum atomic E-state index is -0.122. The van der Waals surface area contributed by atoms with E-state index in [1.165, 1.54) is 6.07 Å². The molecule has 0 amide bonds. The number of nitrogens with zero attached hydrogens (tertiary/aromatic N) is 1. The van der Waals surface area contributed by atoms with Gasteiger partial charge in [-0.25, -0.2) is 0 Å². The Labute approximate surface area is 95.2 Å². The maximum atomic E-state index is 9.57. The predicted molar refractivity (Wildman–Crippen MR) is 51.1 cm³/mol. The van der Waals surface area contributed by atoms with E-state index in [1.807, 2.05) is 13.8 Å². The molecule has 0 bridgehead atoms. The molecule has 1 rings (SSSR count). The first kappa shape index (κ1) is 14.0. The number of hydrogen-bond acceptors (Lipinski definition) is 3. The summed E-state index contributed by atoms with van der Waals surface area (Å²) in [6, 6.07) is 1.32. The van der Waals surface area contributed by atoms with Crippen molar-refractivity contribution in [2.45, 2.75) is 26.3 Å². The van der Waals surface area contributed by atoms with Crippen molar-refractivity contribution in [3.8, 4) is 11.5 Å². The Morgan fingerprint density at radius 2 is 2.00 bits per heavy atom. The molecule has 0 aliphatic rings. The molecule has 0 aliphatic heterocycles. The molecular formula is C10H16ClNO3. The van der Waals surface area contributed by atoms with E-state index in [0.717, 1.165) is 0 Å². The van der Waals surface area contributed by atoms with Crippen molar-refractivity contribution in [3.05, 3.63) is 18.0 Å². The number of hydrogen-bond donors (Lipinski definition) is 3. The van der Waals surface area contributed by atoms with Gasteiger partial charge >= 0.3 is 0 Å². The molecule has 0 saturated heterocycles. The third kappa shape index (κ3) is 2.73. The normalized spacial score (nSPS) is 11.9. The summed E-state index contributed by atoms with van der Waals surface area (Å²) in [5.41, 5.74) is 0.631. The lowest BCUT2D eigenvalue weighted by Gasteiger charge is -2.09. The molecule has 1 aromatic rings. The lowest BCUT2D eigenvalue weighted by molar-refractivity contribution is -0.728. The Morgan fingerprint density at radius 3 is 2.47 bits per heavy atom. The topological polar surface area (TPSA) is 64.6 Å². The van der Waals surface area contributed by atoms with Crippen molar-refractivity contribution in [1.29, 1.82) is 0 Å². The fourth-order valence-electron chi connectivity index (χ4n) is 1.44. The fourth-order valence-corrected chi connectivity index (χ4v) is 1.44. The molecule has 0 aliphatic carbocycles. The molecule has 0 fully saturated rings. The molecule has 0 unspecified atom stereocenters. The van der Waals surface area contributed by atoms with Gasteiger partial charge in [-0.1, -0.05) is 6.92 Å². The van der Waals surface area contributed by atoms with Crippen molar-refractivity contribution in [1.82, 2.24) is 0 Å². The highest BCUT2D eigenvalue weighted by Crippen LogP contribution is 2.26. The van der Waals surface area contributed by atoms with E-state index in [9.17, 15) is 10.2 Å². The van der Waals surface area contributed by atoms with Crippen molar-refractivity contribution >= 4 is 0 Å². The summed E-state index contributed by atoms with van der Waals surface area (Å²) in [5, 5.41) is 27.9. The lowest BCUT2D eigenvalue weighted by atomic mass is 10.2. The van der Waals surface area contributed by atoms with Crippen molar-refractivity contribution in [2.75, 3.05) is 6.61 Å². The number of aliphatic hydroxyl groups is 1. The molecule has 0 spiro atoms. The Bertz CT molecular complexity index is 331. The standard InChI is InChI=1S/C10H15NO3.ClH/c1-3-8-10(14)9(13)4-5-11(8)7(2)6-12;/h4-5,7,12,14H,3,6H2,1-2H3;1H/t7-;/m1./s1. The molecule has 1 heterocycles. The lowest BCUT2D eigenvalue weighted by Crippen LogP contribution is -3.00. The fraction of sp³-hybridized carbons (Fsp3) is 0.500. The smallest absolute Gasteiger partial charge is 0.227 e. The van der Waals surface area contributed by atoms with Crippen LogP contribution in [0.4, 0.5) is 0 Å². The maximum Gasteiger partial charge on any atom is 0.227 e. The van der Waals surface area contributed by atoms with Crippen LogP contribution >= 0.6 is 0 Å². The van der Waals surface area contributed by atoms with E-state index >= 15 is 0 Å². The van der Waals surface area contributed by atoms with Crippen LogP contribution in [0.5, 0.6) is 11.5 Å². The monoisotopic (exact) mass is 233 g/mol. The van der Waals surface area contributed by atoms with Gasteiger partial charge in [0.15, 0.2) is 18.0 Å². The molecular weight excluding hydrogens is 218 g/mol. The van der Waals surface area contributed by atoms with Crippen LogP contribution in [0, 0.1) is 0 Å². The molecule has 0 aromatic carbocycles. The van der Waals surface area contributed by atoms with Gasteiger partial charge in [-0.2, -0.15) is 4.57 Å². The number of aromatic hydroxyl groups is 2. The molecule has 86 valence electrons. The predicted octanol–water partition coefficient (Wildman–Crippen LogP) is -2.49. The molecule has 3 N–H and O–H groups in total. The second-order valence-electron chi connectivity index (χ2n) is 3.29. The highest BCUT2D eigenvalue weighted by molar-refractivity contribution is 5.37. The van der Waals surface area contributed by atoms with E-state index in [2.05, 4.69) is 0 Å². The zero-order valence-corrected chi connectivity index (χ0v) is 9.57. The first-order chi connectivity index (χ1) is 6.61. The van der Waals surface area contributed by atoms with E-state index in [1.54, 1.807) is 10.8 Å². The maximum absolute atomic E-state index is 9.57. The van der Waals surface area contributed by atoms with Crippen molar-refractivity contribution < 1.29 is 32.3 Å². The van der Waals surface area contributed by atoms with Crippen LogP contribution in [0.25, 0.3) is 0 Å². The van der Waals surface area contributed by atoms with Crippen LogP contribution < -0.4 is 17.0 Å². The zero-order valence-electron chi connectivity index (χ0n) is 8.81. The third-order valence-corrected chi connectivity index (χ3v) is 2.29. The first-order valence-corrected chi connectivity index (χ1v) is 4.67. The Morgan fingerprint density at radius 1 is 1.40 bits per heavy atom. The second-order valence-corrected chi connectivity index (χ2v) is 3.29. The van der Waals surface area contributed by atoms with Gasteiger partial charge < -0.3 is 27.7 Å². The largest absolute Gasteiger partial charge is 1.00 e. The quantitative estimate of drug-likeness (QED) is 0.506. The highest BCUT2D eigenvalue weighted by Gasteiger charge is 2.21. The number of rotatable bonds is 3. The Balaban J connectivity index is 0.00000196. The van der Waals surface area contributed by atoms with Crippen LogP contribution in [0.3, 0.4) is 0 Å². The number of halogens is 1. The van der Waals surface area contributed by atoms with Gasteiger partial charge in [0.25, 0.3) is 0 Å². The summed E-state index contributed by atoms with van der Waals surface area (Å²) < 4.78 is 1.76. The van der Waals surface area contributed by atoms with Gasteiger partial charge in [-0.05, 0) is 0 Å². The van der Waals surface area contributed by atoms with E-state index in [-0.39, 0.29) is 36.6 Å². The Hall–Kier alpha value is -1.00. The van der Waals surface area contributed by atoms with Gasteiger partial charge in [0, 0.05) is 19.4 Å². The minimum absolute atomic E-state index is 0. The van der Waals surface area contributed by atoms with Crippen molar-refractivity contribution in [2.24, 2.45) is 0 Å². The number of aliphatic hydroxyl groups excluding tert-OH is 1. The average molecular weight is 234 g/mol. The third-order valence-electron chi connectivity index (χ3n) is 2.29. The summed E-state index contributed by atoms with van der Waals surface area (Å²) in [4.78, 5) is 0. The molecule has 1 aromatic heterocycles. The van der Waals surface area contributed by atoms with Gasteiger partial charge in [-0.15, -0.1) is 0 Å². The van der Waals surface area contributed by atoms with E-state index in [4.69, 9.17) is 5.11 Å². The van der Waals surface area contributed by atoms with Gasteiger partial charge in [-0.3, -0.25) is 0 Å². The van der Waals surface area contributed by atoms with Gasteiger partial charge in [0.2, 0.25) is 11.4 Å². The minimum Gasteiger partial charge on any atom is -1.00 e. The summed E-state index contributed by atoms with van der Waals surface area (Å²) in [5.74, 6) is -0.224. The second kappa shape index (κ2) is 5.78. The summed E-state index contributed by atoms with van der Waals surface area (Å²) in [6.07, 6.45) is 2.26. The Kier molecular flexibility index (Phi) is 5.39. The molecule has 15 heavy (non-hydrogen) atoms. The number of aromatic nitrogens is 1. The van der Waals surface area contributed by atoms with Crippen molar-refractivity contribution in [3.63, 3.8) is 0 Å². The van der Waals surface area contributed by atoms with Crippen LogP contribution in [0.1, 0.15) is 25.6 Å². The molecule has 0 saturated carbocycles. The molecule has 5 heteroatoms.